The second-order valence-electron chi connectivity index (χ2n) is 3.89. The molecule has 17 heavy (non-hydrogen) atoms. The van der Waals surface area contributed by atoms with Crippen molar-refractivity contribution in [2.24, 2.45) is 0 Å². The monoisotopic (exact) mass is 251 g/mol. The van der Waals surface area contributed by atoms with Gasteiger partial charge in [-0.05, 0) is 17.7 Å². The van der Waals surface area contributed by atoms with Gasteiger partial charge in [0.15, 0.2) is 9.84 Å². The van der Waals surface area contributed by atoms with Gasteiger partial charge in [0, 0.05) is 19.0 Å². The summed E-state index contributed by atoms with van der Waals surface area (Å²) in [6.45, 7) is 0.619. The Bertz CT molecular complexity index is 614. The van der Waals surface area contributed by atoms with Crippen molar-refractivity contribution in [3.63, 3.8) is 0 Å². The predicted octanol–water partition coefficient (Wildman–Crippen LogP) is 0.917. The molecule has 0 bridgehead atoms. The lowest BCUT2D eigenvalue weighted by Crippen LogP contribution is -1.99. The van der Waals surface area contributed by atoms with Crippen LogP contribution in [0.2, 0.25) is 0 Å². The summed E-state index contributed by atoms with van der Waals surface area (Å²) in [6, 6.07) is 6.77. The summed E-state index contributed by atoms with van der Waals surface area (Å²) >= 11 is 0. The molecule has 0 aliphatic carbocycles. The smallest absolute Gasteiger partial charge is 0.175 e. The number of nitrogens with two attached hydrogens (primary N) is 1. The van der Waals surface area contributed by atoms with Gasteiger partial charge in [-0.2, -0.15) is 0 Å². The number of sulfone groups is 1. The third kappa shape index (κ3) is 2.85. The summed E-state index contributed by atoms with van der Waals surface area (Å²) in [7, 11) is -3.13. The van der Waals surface area contributed by atoms with Crippen LogP contribution in [0, 0.1) is 0 Å². The molecule has 0 saturated carbocycles. The van der Waals surface area contributed by atoms with Crippen LogP contribution in [0.1, 0.15) is 5.56 Å². The van der Waals surface area contributed by atoms with Crippen LogP contribution in [0.15, 0.2) is 41.7 Å². The van der Waals surface area contributed by atoms with Crippen molar-refractivity contribution in [2.45, 2.75) is 11.4 Å². The van der Waals surface area contributed by atoms with E-state index in [2.05, 4.69) is 4.98 Å². The second kappa shape index (κ2) is 4.21. The van der Waals surface area contributed by atoms with Crippen LogP contribution < -0.4 is 5.73 Å². The molecule has 1 aromatic carbocycles. The van der Waals surface area contributed by atoms with E-state index in [1.165, 1.54) is 6.26 Å². The van der Waals surface area contributed by atoms with E-state index in [1.807, 2.05) is 4.57 Å². The van der Waals surface area contributed by atoms with E-state index < -0.39 is 9.84 Å². The van der Waals surface area contributed by atoms with Crippen molar-refractivity contribution in [3.05, 3.63) is 42.4 Å². The standard InChI is InChI=1S/C11H13N3O2S/c1-17(15,16)10-4-2-9(3-5-10)6-14-7-11(12)13-8-14/h2-5,7-8H,6,12H2,1H3. The number of rotatable bonds is 3. The maximum Gasteiger partial charge on any atom is 0.175 e. The van der Waals surface area contributed by atoms with Crippen LogP contribution >= 0.6 is 0 Å². The number of nitrogens with zero attached hydrogens (tertiary/aromatic N) is 2. The molecular weight excluding hydrogens is 238 g/mol. The summed E-state index contributed by atoms with van der Waals surface area (Å²) in [5.41, 5.74) is 6.50. The van der Waals surface area contributed by atoms with Crippen molar-refractivity contribution in [2.75, 3.05) is 12.0 Å². The molecule has 90 valence electrons. The van der Waals surface area contributed by atoms with Crippen LogP contribution in [0.5, 0.6) is 0 Å². The van der Waals surface area contributed by atoms with Crippen molar-refractivity contribution in [1.82, 2.24) is 9.55 Å². The first kappa shape index (κ1) is 11.7. The zero-order valence-electron chi connectivity index (χ0n) is 9.37. The van der Waals surface area contributed by atoms with Gasteiger partial charge in [-0.15, -0.1) is 0 Å². The summed E-state index contributed by atoms with van der Waals surface area (Å²) < 4.78 is 24.4. The molecule has 0 atom stereocenters. The minimum Gasteiger partial charge on any atom is -0.382 e. The van der Waals surface area contributed by atoms with Crippen molar-refractivity contribution < 1.29 is 8.42 Å². The van der Waals surface area contributed by atoms with Gasteiger partial charge in [0.25, 0.3) is 0 Å². The Kier molecular flexibility index (Phi) is 2.89. The van der Waals surface area contributed by atoms with Gasteiger partial charge in [-0.1, -0.05) is 12.1 Å². The number of nitrogen functional groups attached to an aromatic ring is 1. The Hall–Kier alpha value is -1.82. The highest BCUT2D eigenvalue weighted by Crippen LogP contribution is 2.11. The number of benzene rings is 1. The van der Waals surface area contributed by atoms with Gasteiger partial charge < -0.3 is 10.3 Å². The van der Waals surface area contributed by atoms with E-state index in [1.54, 1.807) is 36.8 Å². The molecule has 0 amide bonds. The molecule has 2 aromatic rings. The van der Waals surface area contributed by atoms with E-state index in [0.717, 1.165) is 5.56 Å². The molecule has 0 radical (unpaired) electrons. The van der Waals surface area contributed by atoms with Crippen LogP contribution in [0.25, 0.3) is 0 Å². The molecular formula is C11H13N3O2S. The average Bonchev–Trinajstić information content (AvgIpc) is 2.63. The second-order valence-corrected chi connectivity index (χ2v) is 5.90. The van der Waals surface area contributed by atoms with Crippen LogP contribution in [-0.2, 0) is 16.4 Å². The molecule has 0 spiro atoms. The van der Waals surface area contributed by atoms with Crippen LogP contribution in [0.3, 0.4) is 0 Å². The predicted molar refractivity (Wildman–Crippen MR) is 65.3 cm³/mol. The van der Waals surface area contributed by atoms with Crippen LogP contribution in [-0.4, -0.2) is 24.2 Å². The molecule has 5 nitrogen and oxygen atoms in total. The molecule has 1 aromatic heterocycles. The molecule has 0 saturated heterocycles. The fraction of sp³-hybridized carbons (Fsp3) is 0.182. The van der Waals surface area contributed by atoms with Gasteiger partial charge in [0.2, 0.25) is 0 Å². The molecule has 6 heteroatoms. The SMILES string of the molecule is CS(=O)(=O)c1ccc(Cn2cnc(N)c2)cc1. The molecule has 0 fully saturated rings. The first-order chi connectivity index (χ1) is 7.95. The number of hydrogen-bond donors (Lipinski definition) is 1. The van der Waals surface area contributed by atoms with Gasteiger partial charge in [-0.3, -0.25) is 0 Å². The zero-order valence-corrected chi connectivity index (χ0v) is 10.2. The number of aromatic nitrogens is 2. The molecule has 1 heterocycles. The summed E-state index contributed by atoms with van der Waals surface area (Å²) in [5.74, 6) is 0.470. The Morgan fingerprint density at radius 2 is 1.94 bits per heavy atom. The molecule has 0 aliphatic heterocycles. The third-order valence-corrected chi connectivity index (χ3v) is 3.50. The zero-order chi connectivity index (χ0) is 12.5. The Balaban J connectivity index is 2.19. The molecule has 0 unspecified atom stereocenters. The summed E-state index contributed by atoms with van der Waals surface area (Å²) in [4.78, 5) is 4.24. The van der Waals surface area contributed by atoms with E-state index >= 15 is 0 Å². The van der Waals surface area contributed by atoms with Crippen molar-refractivity contribution in [3.8, 4) is 0 Å². The largest absolute Gasteiger partial charge is 0.382 e. The fourth-order valence-corrected chi connectivity index (χ4v) is 2.15. The number of anilines is 1. The lowest BCUT2D eigenvalue weighted by molar-refractivity contribution is 0.602. The quantitative estimate of drug-likeness (QED) is 0.879. The third-order valence-electron chi connectivity index (χ3n) is 2.37. The maximum atomic E-state index is 11.3. The topological polar surface area (TPSA) is 78.0 Å². The highest BCUT2D eigenvalue weighted by atomic mass is 32.2. The maximum absolute atomic E-state index is 11.3. The fourth-order valence-electron chi connectivity index (χ4n) is 1.52. The normalized spacial score (nSPS) is 11.6. The lowest BCUT2D eigenvalue weighted by atomic mass is 10.2. The summed E-state index contributed by atoms with van der Waals surface area (Å²) in [6.07, 6.45) is 4.56. The van der Waals surface area contributed by atoms with Crippen molar-refractivity contribution >= 4 is 15.7 Å². The van der Waals surface area contributed by atoms with E-state index in [4.69, 9.17) is 5.73 Å². The van der Waals surface area contributed by atoms with Crippen molar-refractivity contribution in [1.29, 1.82) is 0 Å². The van der Waals surface area contributed by atoms with E-state index in [-0.39, 0.29) is 0 Å². The molecule has 2 N–H and O–H groups in total. The molecule has 0 aliphatic rings. The Morgan fingerprint density at radius 3 is 2.41 bits per heavy atom. The van der Waals surface area contributed by atoms with Gasteiger partial charge >= 0.3 is 0 Å². The minimum absolute atomic E-state index is 0.325. The van der Waals surface area contributed by atoms with Gasteiger partial charge in [-0.25, -0.2) is 13.4 Å². The Morgan fingerprint density at radius 1 is 1.29 bits per heavy atom. The minimum atomic E-state index is -3.13. The number of imidazole rings is 1. The van der Waals surface area contributed by atoms with Gasteiger partial charge in [0.1, 0.15) is 5.82 Å². The first-order valence-corrected chi connectivity index (χ1v) is 6.90. The van der Waals surface area contributed by atoms with Gasteiger partial charge in [0.05, 0.1) is 11.2 Å². The number of hydrogen-bond acceptors (Lipinski definition) is 4. The highest BCUT2D eigenvalue weighted by molar-refractivity contribution is 7.90. The highest BCUT2D eigenvalue weighted by Gasteiger charge is 2.06. The van der Waals surface area contributed by atoms with E-state index in [0.29, 0.717) is 17.3 Å². The molecule has 2 rings (SSSR count). The van der Waals surface area contributed by atoms with Crippen LogP contribution in [0.4, 0.5) is 5.82 Å². The average molecular weight is 251 g/mol. The Labute approximate surface area is 99.8 Å². The summed E-state index contributed by atoms with van der Waals surface area (Å²) in [5, 5.41) is 0. The van der Waals surface area contributed by atoms with E-state index in [9.17, 15) is 8.42 Å². The lowest BCUT2D eigenvalue weighted by Gasteiger charge is -2.03. The first-order valence-electron chi connectivity index (χ1n) is 5.01.